The van der Waals surface area contributed by atoms with Gasteiger partial charge in [-0.05, 0) is 37.3 Å². The molecular weight excluding hydrogens is 358 g/mol. The van der Waals surface area contributed by atoms with Crippen LogP contribution in [0.2, 0.25) is 0 Å². The molecule has 0 radical (unpaired) electrons. The van der Waals surface area contributed by atoms with Gasteiger partial charge in [-0.25, -0.2) is 9.59 Å². The molecule has 0 aliphatic carbocycles. The molecule has 0 saturated heterocycles. The number of hydrogen-bond donors (Lipinski definition) is 2. The summed E-state index contributed by atoms with van der Waals surface area (Å²) < 4.78 is 5.16. The Labute approximate surface area is 164 Å². The van der Waals surface area contributed by atoms with Crippen LogP contribution in [-0.2, 0) is 16.0 Å². The average Bonchev–Trinajstić information content (AvgIpc) is 2.65. The van der Waals surface area contributed by atoms with Crippen molar-refractivity contribution in [1.29, 1.82) is 0 Å². The molecule has 0 fully saturated rings. The molecule has 1 heterocycles. The molecule has 0 aliphatic heterocycles. The summed E-state index contributed by atoms with van der Waals surface area (Å²) in [4.78, 5) is 40.8. The number of hydrogen-bond acceptors (Lipinski definition) is 5. The van der Waals surface area contributed by atoms with Crippen LogP contribution in [0.1, 0.15) is 48.8 Å². The van der Waals surface area contributed by atoms with Crippen molar-refractivity contribution in [2.24, 2.45) is 5.92 Å². The maximum atomic E-state index is 12.7. The number of nitrogens with one attached hydrogen (secondary N) is 2. The molecule has 2 rings (SSSR count). The lowest BCUT2D eigenvalue weighted by atomic mass is 10.0. The Balaban J connectivity index is 2.02. The van der Waals surface area contributed by atoms with Crippen molar-refractivity contribution in [3.63, 3.8) is 0 Å². The molecule has 2 N–H and O–H groups in total. The first-order valence-corrected chi connectivity index (χ1v) is 9.46. The van der Waals surface area contributed by atoms with E-state index in [-0.39, 0.29) is 0 Å². The molecule has 1 aromatic heterocycles. The molecule has 28 heavy (non-hydrogen) atoms. The topological polar surface area (TPSA) is 97.4 Å². The van der Waals surface area contributed by atoms with Crippen molar-refractivity contribution in [1.82, 2.24) is 15.6 Å². The largest absolute Gasteiger partial charge is 0.452 e. The Kier molecular flexibility index (Phi) is 7.49. The summed E-state index contributed by atoms with van der Waals surface area (Å²) in [6.07, 6.45) is 1.48. The van der Waals surface area contributed by atoms with E-state index in [9.17, 15) is 14.4 Å². The predicted molar refractivity (Wildman–Crippen MR) is 107 cm³/mol. The van der Waals surface area contributed by atoms with Gasteiger partial charge in [-0.1, -0.05) is 39.0 Å². The van der Waals surface area contributed by atoms with Gasteiger partial charge in [-0.2, -0.15) is 0 Å². The molecule has 0 unspecified atom stereocenters. The van der Waals surface area contributed by atoms with E-state index in [4.69, 9.17) is 4.74 Å². The van der Waals surface area contributed by atoms with Gasteiger partial charge in [0.1, 0.15) is 0 Å². The number of pyridine rings is 1. The van der Waals surface area contributed by atoms with E-state index >= 15 is 0 Å². The number of esters is 1. The van der Waals surface area contributed by atoms with Crippen LogP contribution in [0.4, 0.5) is 4.79 Å². The third-order valence-corrected chi connectivity index (χ3v) is 4.37. The van der Waals surface area contributed by atoms with Gasteiger partial charge in [0.25, 0.3) is 5.91 Å². The molecule has 7 heteroatoms. The minimum Gasteiger partial charge on any atom is -0.452 e. The number of nitrogens with zero attached hydrogens (tertiary/aromatic N) is 1. The van der Waals surface area contributed by atoms with Gasteiger partial charge in [0.05, 0.1) is 11.1 Å². The highest BCUT2D eigenvalue weighted by Crippen LogP contribution is 2.24. The Morgan fingerprint density at radius 1 is 1.18 bits per heavy atom. The predicted octanol–water partition coefficient (Wildman–Crippen LogP) is 3.13. The number of aromatic nitrogens is 1. The van der Waals surface area contributed by atoms with Crippen molar-refractivity contribution >= 4 is 28.8 Å². The van der Waals surface area contributed by atoms with Crippen LogP contribution in [0.5, 0.6) is 0 Å². The fourth-order valence-electron chi connectivity index (χ4n) is 2.85. The van der Waals surface area contributed by atoms with Crippen LogP contribution in [0.25, 0.3) is 10.9 Å². The molecular formula is C21H27N3O4. The van der Waals surface area contributed by atoms with E-state index in [2.05, 4.69) is 15.6 Å². The van der Waals surface area contributed by atoms with Crippen LogP contribution < -0.4 is 10.6 Å². The van der Waals surface area contributed by atoms with Crippen molar-refractivity contribution in [3.05, 3.63) is 41.1 Å². The number of para-hydroxylation sites is 1. The first kappa shape index (κ1) is 21.3. The van der Waals surface area contributed by atoms with Crippen LogP contribution in [0.15, 0.2) is 24.3 Å². The van der Waals surface area contributed by atoms with Gasteiger partial charge < -0.3 is 10.1 Å². The number of ether oxygens (including phenoxy) is 1. The van der Waals surface area contributed by atoms with Gasteiger partial charge in [0.2, 0.25) is 0 Å². The van der Waals surface area contributed by atoms with Gasteiger partial charge in [0.15, 0.2) is 6.61 Å². The van der Waals surface area contributed by atoms with E-state index in [1.807, 2.05) is 45.9 Å². The zero-order valence-corrected chi connectivity index (χ0v) is 16.8. The Morgan fingerprint density at radius 2 is 1.89 bits per heavy atom. The number of imide groups is 1. The Morgan fingerprint density at radius 3 is 2.57 bits per heavy atom. The Hall–Kier alpha value is -2.96. The minimum absolute atomic E-state index is 0.400. The number of aryl methyl sites for hydroxylation is 1. The van der Waals surface area contributed by atoms with E-state index in [1.54, 1.807) is 6.07 Å². The zero-order chi connectivity index (χ0) is 20.7. The third kappa shape index (κ3) is 5.52. The summed E-state index contributed by atoms with van der Waals surface area (Å²) in [6.45, 7) is 7.80. The maximum absolute atomic E-state index is 12.7. The summed E-state index contributed by atoms with van der Waals surface area (Å²) >= 11 is 0. The first-order chi connectivity index (χ1) is 13.3. The molecule has 0 aliphatic rings. The minimum atomic E-state index is -0.679. The summed E-state index contributed by atoms with van der Waals surface area (Å²) in [5, 5.41) is 5.42. The van der Waals surface area contributed by atoms with Crippen molar-refractivity contribution in [2.75, 3.05) is 13.2 Å². The van der Waals surface area contributed by atoms with E-state index in [0.29, 0.717) is 35.3 Å². The first-order valence-electron chi connectivity index (χ1n) is 9.46. The molecule has 0 atom stereocenters. The summed E-state index contributed by atoms with van der Waals surface area (Å²) in [5.74, 6) is -0.841. The van der Waals surface area contributed by atoms with Crippen molar-refractivity contribution in [2.45, 2.75) is 40.5 Å². The van der Waals surface area contributed by atoms with Crippen LogP contribution >= 0.6 is 0 Å². The number of rotatable bonds is 7. The smallest absolute Gasteiger partial charge is 0.339 e. The quantitative estimate of drug-likeness (QED) is 0.714. The van der Waals surface area contributed by atoms with E-state index < -0.39 is 24.5 Å². The van der Waals surface area contributed by atoms with E-state index in [0.717, 1.165) is 17.7 Å². The second-order valence-corrected chi connectivity index (χ2v) is 6.99. The highest BCUT2D eigenvalue weighted by atomic mass is 16.5. The van der Waals surface area contributed by atoms with Gasteiger partial charge >= 0.3 is 12.0 Å². The second-order valence-electron chi connectivity index (χ2n) is 6.99. The highest BCUT2D eigenvalue weighted by Gasteiger charge is 2.20. The number of benzene rings is 1. The summed E-state index contributed by atoms with van der Waals surface area (Å²) in [7, 11) is 0. The van der Waals surface area contributed by atoms with Crippen molar-refractivity contribution < 1.29 is 19.1 Å². The summed E-state index contributed by atoms with van der Waals surface area (Å²) in [6, 6.07) is 6.71. The van der Waals surface area contributed by atoms with Gasteiger partial charge in [0, 0.05) is 17.6 Å². The normalized spacial score (nSPS) is 10.8. The summed E-state index contributed by atoms with van der Waals surface area (Å²) in [5.41, 5.74) is 2.64. The SMILES string of the molecule is CCc1nc2ccccc2c(C(=O)OCC(=O)NC(=O)NCCC(C)C)c1C. The van der Waals surface area contributed by atoms with Crippen LogP contribution in [-0.4, -0.2) is 36.0 Å². The molecule has 0 spiro atoms. The number of urea groups is 1. The second kappa shape index (κ2) is 9.82. The third-order valence-electron chi connectivity index (χ3n) is 4.37. The molecule has 0 saturated carbocycles. The van der Waals surface area contributed by atoms with Gasteiger partial charge in [-0.15, -0.1) is 0 Å². The molecule has 7 nitrogen and oxygen atoms in total. The molecule has 3 amide bonds. The molecule has 1 aromatic carbocycles. The number of fused-ring (bicyclic) bond motifs is 1. The fraction of sp³-hybridized carbons (Fsp3) is 0.429. The van der Waals surface area contributed by atoms with Crippen LogP contribution in [0, 0.1) is 12.8 Å². The molecule has 150 valence electrons. The lowest BCUT2D eigenvalue weighted by Crippen LogP contribution is -2.42. The van der Waals surface area contributed by atoms with Gasteiger partial charge in [-0.3, -0.25) is 15.1 Å². The lowest BCUT2D eigenvalue weighted by molar-refractivity contribution is -0.123. The number of amides is 3. The number of carbonyl (C=O) groups excluding carboxylic acids is 3. The monoisotopic (exact) mass is 385 g/mol. The highest BCUT2D eigenvalue weighted by molar-refractivity contribution is 6.05. The standard InChI is InChI=1S/C21H27N3O4/c1-5-16-14(4)19(15-8-6-7-9-17(15)23-16)20(26)28-12-18(25)24-21(27)22-11-10-13(2)3/h6-9,13H,5,10-12H2,1-4H3,(H2,22,24,25,27). The molecule has 2 aromatic rings. The Bertz CT molecular complexity index is 877. The van der Waals surface area contributed by atoms with Crippen LogP contribution in [0.3, 0.4) is 0 Å². The lowest BCUT2D eigenvalue weighted by Gasteiger charge is -2.13. The zero-order valence-electron chi connectivity index (χ0n) is 16.8. The molecule has 0 bridgehead atoms. The average molecular weight is 385 g/mol. The maximum Gasteiger partial charge on any atom is 0.339 e. The number of carbonyl (C=O) groups is 3. The fourth-order valence-corrected chi connectivity index (χ4v) is 2.85. The van der Waals surface area contributed by atoms with Crippen molar-refractivity contribution in [3.8, 4) is 0 Å². The van der Waals surface area contributed by atoms with E-state index in [1.165, 1.54) is 0 Å².